The van der Waals surface area contributed by atoms with Crippen molar-refractivity contribution >= 4 is 6.08 Å². The predicted molar refractivity (Wildman–Crippen MR) is 73.7 cm³/mol. The average Bonchev–Trinajstić information content (AvgIpc) is 2.43. The highest BCUT2D eigenvalue weighted by Gasteiger charge is 2.11. The number of hydrogen-bond acceptors (Lipinski definition) is 4. The Morgan fingerprint density at radius 3 is 2.00 bits per heavy atom. The molecule has 18 heavy (non-hydrogen) atoms. The lowest BCUT2D eigenvalue weighted by Gasteiger charge is -2.13. The zero-order chi connectivity index (χ0) is 13.5. The van der Waals surface area contributed by atoms with E-state index in [1.807, 2.05) is 25.3 Å². The molecule has 4 heteroatoms. The molecule has 0 bridgehead atoms. The molecule has 1 aromatic carbocycles. The Morgan fingerprint density at radius 2 is 1.61 bits per heavy atom. The monoisotopic (exact) mass is 251 g/mol. The standard InChI is InChI=1S/C14H21NO3/c1-10(15-2)6-7-11-8-12(16-3)14(18-5)13(9-11)17-4/h6-10,15H,1-5H3/b7-6+. The summed E-state index contributed by atoms with van der Waals surface area (Å²) in [6, 6.07) is 4.14. The van der Waals surface area contributed by atoms with E-state index in [2.05, 4.69) is 18.3 Å². The molecule has 0 heterocycles. The van der Waals surface area contributed by atoms with Crippen molar-refractivity contribution in [1.82, 2.24) is 5.32 Å². The summed E-state index contributed by atoms with van der Waals surface area (Å²) in [5.41, 5.74) is 1.01. The average molecular weight is 251 g/mol. The van der Waals surface area contributed by atoms with Gasteiger partial charge in [0.25, 0.3) is 0 Å². The SMILES string of the molecule is CNC(C)/C=C/c1cc(OC)c(OC)c(OC)c1. The Kier molecular flexibility index (Phi) is 5.52. The molecular formula is C14H21NO3. The largest absolute Gasteiger partial charge is 0.493 e. The molecule has 100 valence electrons. The van der Waals surface area contributed by atoms with E-state index in [0.29, 0.717) is 23.3 Å². The van der Waals surface area contributed by atoms with Crippen LogP contribution < -0.4 is 19.5 Å². The molecule has 0 amide bonds. The quantitative estimate of drug-likeness (QED) is 0.842. The van der Waals surface area contributed by atoms with Crippen molar-refractivity contribution in [2.75, 3.05) is 28.4 Å². The van der Waals surface area contributed by atoms with Gasteiger partial charge in [0, 0.05) is 6.04 Å². The molecule has 0 aliphatic rings. The Bertz CT molecular complexity index is 390. The molecule has 0 aliphatic heterocycles. The second-order valence-corrected chi connectivity index (χ2v) is 3.90. The van der Waals surface area contributed by atoms with E-state index in [-0.39, 0.29) is 0 Å². The van der Waals surface area contributed by atoms with E-state index < -0.39 is 0 Å². The van der Waals surface area contributed by atoms with Crippen molar-refractivity contribution in [3.8, 4) is 17.2 Å². The van der Waals surface area contributed by atoms with Gasteiger partial charge in [-0.1, -0.05) is 12.2 Å². The maximum Gasteiger partial charge on any atom is 0.203 e. The van der Waals surface area contributed by atoms with Crippen LogP contribution in [0.3, 0.4) is 0 Å². The van der Waals surface area contributed by atoms with E-state index in [1.54, 1.807) is 21.3 Å². The second-order valence-electron chi connectivity index (χ2n) is 3.90. The highest BCUT2D eigenvalue weighted by Crippen LogP contribution is 2.38. The van der Waals surface area contributed by atoms with Gasteiger partial charge < -0.3 is 19.5 Å². The molecule has 1 aromatic rings. The number of methoxy groups -OCH3 is 3. The van der Waals surface area contributed by atoms with Crippen LogP contribution in [0.1, 0.15) is 12.5 Å². The van der Waals surface area contributed by atoms with E-state index in [1.165, 1.54) is 0 Å². The third kappa shape index (κ3) is 3.40. The highest BCUT2D eigenvalue weighted by molar-refractivity contribution is 5.62. The zero-order valence-corrected chi connectivity index (χ0v) is 11.6. The first-order valence-corrected chi connectivity index (χ1v) is 5.81. The summed E-state index contributed by atoms with van der Waals surface area (Å²) in [6.45, 7) is 2.08. The van der Waals surface area contributed by atoms with Crippen LogP contribution in [0.15, 0.2) is 18.2 Å². The molecular weight excluding hydrogens is 230 g/mol. The minimum absolute atomic E-state index is 0.309. The number of hydrogen-bond donors (Lipinski definition) is 1. The molecule has 4 nitrogen and oxygen atoms in total. The lowest BCUT2D eigenvalue weighted by Crippen LogP contribution is -2.17. The Morgan fingerprint density at radius 1 is 1.06 bits per heavy atom. The van der Waals surface area contributed by atoms with E-state index in [4.69, 9.17) is 14.2 Å². The van der Waals surface area contributed by atoms with E-state index >= 15 is 0 Å². The molecule has 0 aliphatic carbocycles. The van der Waals surface area contributed by atoms with Gasteiger partial charge in [0.2, 0.25) is 5.75 Å². The lowest BCUT2D eigenvalue weighted by molar-refractivity contribution is 0.324. The highest BCUT2D eigenvalue weighted by atomic mass is 16.5. The first kappa shape index (κ1) is 14.4. The molecule has 1 unspecified atom stereocenters. The maximum atomic E-state index is 5.30. The summed E-state index contributed by atoms with van der Waals surface area (Å²) in [4.78, 5) is 0. The fraction of sp³-hybridized carbons (Fsp3) is 0.429. The minimum Gasteiger partial charge on any atom is -0.493 e. The molecule has 1 rings (SSSR count). The summed E-state index contributed by atoms with van der Waals surface area (Å²) in [7, 11) is 6.74. The summed E-state index contributed by atoms with van der Waals surface area (Å²) in [6.07, 6.45) is 4.09. The molecule has 0 aromatic heterocycles. The van der Waals surface area contributed by atoms with Crippen LogP contribution in [0, 0.1) is 0 Å². The number of likely N-dealkylation sites (N-methyl/N-ethyl adjacent to an activating group) is 1. The van der Waals surface area contributed by atoms with Crippen LogP contribution in [0.4, 0.5) is 0 Å². The van der Waals surface area contributed by atoms with Crippen LogP contribution in [0.2, 0.25) is 0 Å². The number of benzene rings is 1. The van der Waals surface area contributed by atoms with Gasteiger partial charge in [-0.15, -0.1) is 0 Å². The summed E-state index contributed by atoms with van der Waals surface area (Å²) in [5, 5.41) is 3.14. The molecule has 1 atom stereocenters. The first-order valence-electron chi connectivity index (χ1n) is 5.81. The van der Waals surface area contributed by atoms with Crippen molar-refractivity contribution in [3.63, 3.8) is 0 Å². The maximum absolute atomic E-state index is 5.30. The van der Waals surface area contributed by atoms with Gasteiger partial charge in [0.05, 0.1) is 21.3 Å². The lowest BCUT2D eigenvalue weighted by atomic mass is 10.1. The molecule has 0 fully saturated rings. The van der Waals surface area contributed by atoms with Crippen LogP contribution in [-0.2, 0) is 0 Å². The smallest absolute Gasteiger partial charge is 0.203 e. The van der Waals surface area contributed by atoms with Crippen molar-refractivity contribution < 1.29 is 14.2 Å². The first-order chi connectivity index (χ1) is 8.65. The summed E-state index contributed by atoms with van der Waals surface area (Å²) in [5.74, 6) is 1.93. The fourth-order valence-corrected chi connectivity index (χ4v) is 1.55. The van der Waals surface area contributed by atoms with Crippen molar-refractivity contribution in [1.29, 1.82) is 0 Å². The van der Waals surface area contributed by atoms with Crippen LogP contribution in [0.25, 0.3) is 6.08 Å². The van der Waals surface area contributed by atoms with Gasteiger partial charge in [-0.2, -0.15) is 0 Å². The number of rotatable bonds is 6. The molecule has 0 radical (unpaired) electrons. The van der Waals surface area contributed by atoms with E-state index in [0.717, 1.165) is 5.56 Å². The van der Waals surface area contributed by atoms with Gasteiger partial charge in [-0.05, 0) is 31.7 Å². The Hall–Kier alpha value is -1.68. The topological polar surface area (TPSA) is 39.7 Å². The third-order valence-electron chi connectivity index (χ3n) is 2.72. The predicted octanol–water partition coefficient (Wildman–Crippen LogP) is 2.33. The zero-order valence-electron chi connectivity index (χ0n) is 11.6. The summed E-state index contributed by atoms with van der Waals surface area (Å²) >= 11 is 0. The van der Waals surface area contributed by atoms with Gasteiger partial charge >= 0.3 is 0 Å². The molecule has 0 saturated carbocycles. The molecule has 0 spiro atoms. The van der Waals surface area contributed by atoms with Gasteiger partial charge in [-0.25, -0.2) is 0 Å². The third-order valence-corrected chi connectivity index (χ3v) is 2.72. The van der Waals surface area contributed by atoms with Gasteiger partial charge in [-0.3, -0.25) is 0 Å². The molecule has 1 N–H and O–H groups in total. The van der Waals surface area contributed by atoms with Crippen molar-refractivity contribution in [3.05, 3.63) is 23.8 Å². The van der Waals surface area contributed by atoms with Gasteiger partial charge in [0.15, 0.2) is 11.5 Å². The normalized spacial score (nSPS) is 12.5. The Labute approximate surface area is 109 Å². The fourth-order valence-electron chi connectivity index (χ4n) is 1.55. The minimum atomic E-state index is 0.309. The van der Waals surface area contributed by atoms with Crippen molar-refractivity contribution in [2.45, 2.75) is 13.0 Å². The van der Waals surface area contributed by atoms with Crippen LogP contribution in [-0.4, -0.2) is 34.4 Å². The number of ether oxygens (including phenoxy) is 3. The summed E-state index contributed by atoms with van der Waals surface area (Å²) < 4.78 is 15.9. The second kappa shape index (κ2) is 6.91. The van der Waals surface area contributed by atoms with Gasteiger partial charge in [0.1, 0.15) is 0 Å². The van der Waals surface area contributed by atoms with Crippen molar-refractivity contribution in [2.24, 2.45) is 0 Å². The Balaban J connectivity index is 3.11. The molecule has 0 saturated heterocycles. The van der Waals surface area contributed by atoms with Crippen LogP contribution in [0.5, 0.6) is 17.2 Å². The van der Waals surface area contributed by atoms with E-state index in [9.17, 15) is 0 Å². The number of nitrogens with one attached hydrogen (secondary N) is 1. The van der Waals surface area contributed by atoms with Crippen LogP contribution >= 0.6 is 0 Å².